The molecule has 0 saturated carbocycles. The number of nitrogens with zero attached hydrogens (tertiary/aromatic N) is 1. The van der Waals surface area contributed by atoms with E-state index in [2.05, 4.69) is 20.8 Å². The molecule has 118 valence electrons. The third kappa shape index (κ3) is 3.23. The van der Waals surface area contributed by atoms with Gasteiger partial charge in [0.1, 0.15) is 5.54 Å². The summed E-state index contributed by atoms with van der Waals surface area (Å²) in [6, 6.07) is 20.0. The van der Waals surface area contributed by atoms with Gasteiger partial charge in [0.2, 0.25) is 0 Å². The first-order valence-corrected chi connectivity index (χ1v) is 8.25. The van der Waals surface area contributed by atoms with E-state index in [0.717, 1.165) is 24.2 Å². The van der Waals surface area contributed by atoms with E-state index in [0.29, 0.717) is 0 Å². The fraction of sp³-hybridized carbons (Fsp3) is 0.400. The molecule has 0 heterocycles. The Kier molecular flexibility index (Phi) is 5.38. The van der Waals surface area contributed by atoms with Crippen LogP contribution in [0.25, 0.3) is 0 Å². The zero-order valence-electron chi connectivity index (χ0n) is 14.0. The fourth-order valence-electron chi connectivity index (χ4n) is 3.10. The lowest BCUT2D eigenvalue weighted by Gasteiger charge is -2.42. The van der Waals surface area contributed by atoms with Gasteiger partial charge < -0.3 is 0 Å². The molecule has 0 saturated heterocycles. The Balaban J connectivity index is 2.46. The van der Waals surface area contributed by atoms with Crippen molar-refractivity contribution < 1.29 is 5.21 Å². The van der Waals surface area contributed by atoms with E-state index in [4.69, 9.17) is 0 Å². The standard InChI is InChI=1S/C20H28NO/c1-4-5-12-17-20(2,3)21(22,18-13-8-6-9-14-18)19-15-10-7-11-16-19/h6-11,13-16,22H,4-5,12,17H2,1-3H3/q+1. The van der Waals surface area contributed by atoms with E-state index >= 15 is 0 Å². The molecule has 2 heteroatoms. The lowest BCUT2D eigenvalue weighted by molar-refractivity contribution is -0.102. The van der Waals surface area contributed by atoms with Crippen molar-refractivity contribution in [2.75, 3.05) is 0 Å². The van der Waals surface area contributed by atoms with Crippen LogP contribution < -0.4 is 4.65 Å². The maximum atomic E-state index is 11.7. The molecular formula is C20H28NO+. The molecule has 2 rings (SSSR count). The summed E-state index contributed by atoms with van der Waals surface area (Å²) < 4.78 is -0.154. The van der Waals surface area contributed by atoms with Crippen molar-refractivity contribution >= 4 is 11.4 Å². The van der Waals surface area contributed by atoms with E-state index in [1.165, 1.54) is 12.8 Å². The van der Waals surface area contributed by atoms with E-state index in [9.17, 15) is 5.21 Å². The maximum absolute atomic E-state index is 11.7. The van der Waals surface area contributed by atoms with Crippen LogP contribution in [0.2, 0.25) is 0 Å². The van der Waals surface area contributed by atoms with Gasteiger partial charge >= 0.3 is 0 Å². The molecule has 0 aromatic heterocycles. The molecule has 0 aliphatic carbocycles. The molecule has 22 heavy (non-hydrogen) atoms. The van der Waals surface area contributed by atoms with Crippen LogP contribution in [-0.4, -0.2) is 10.7 Å². The molecule has 0 spiro atoms. The Bertz CT molecular complexity index is 523. The Hall–Kier alpha value is -1.64. The number of rotatable bonds is 7. The number of hydrogen-bond acceptors (Lipinski definition) is 1. The van der Waals surface area contributed by atoms with Gasteiger partial charge in [0.15, 0.2) is 11.4 Å². The van der Waals surface area contributed by atoms with Gasteiger partial charge in [0.05, 0.1) is 0 Å². The number of benzene rings is 2. The SMILES string of the molecule is CCCCCC(C)(C)[N+](O)(c1ccccc1)c1ccccc1. The van der Waals surface area contributed by atoms with Gasteiger partial charge in [-0.05, 0) is 20.3 Å². The average molecular weight is 298 g/mol. The van der Waals surface area contributed by atoms with Crippen molar-refractivity contribution in [1.82, 2.24) is 4.65 Å². The van der Waals surface area contributed by atoms with Crippen LogP contribution in [0.4, 0.5) is 11.4 Å². The second-order valence-corrected chi connectivity index (χ2v) is 6.58. The van der Waals surface area contributed by atoms with Gasteiger partial charge in [-0.25, -0.2) is 5.21 Å². The van der Waals surface area contributed by atoms with Crippen molar-refractivity contribution in [1.29, 1.82) is 0 Å². The minimum Gasteiger partial charge on any atom is -0.206 e. The van der Waals surface area contributed by atoms with E-state index in [1.54, 1.807) is 0 Å². The number of hydroxylamine groups is 1. The lowest BCUT2D eigenvalue weighted by Crippen LogP contribution is -2.57. The predicted octanol–water partition coefficient (Wildman–Crippen LogP) is 6.07. The van der Waals surface area contributed by atoms with E-state index in [1.807, 2.05) is 60.7 Å². The minimum absolute atomic E-state index is 0.154. The molecule has 1 N–H and O–H groups in total. The van der Waals surface area contributed by atoms with Gasteiger partial charge in [-0.15, -0.1) is 4.65 Å². The third-order valence-electron chi connectivity index (χ3n) is 4.53. The summed E-state index contributed by atoms with van der Waals surface area (Å²) in [7, 11) is 0. The topological polar surface area (TPSA) is 20.2 Å². The lowest BCUT2D eigenvalue weighted by atomic mass is 9.92. The molecule has 0 amide bonds. The van der Waals surface area contributed by atoms with Gasteiger partial charge in [-0.3, -0.25) is 0 Å². The van der Waals surface area contributed by atoms with Crippen molar-refractivity contribution in [2.45, 2.75) is 52.0 Å². The molecule has 0 atom stereocenters. The molecule has 0 bridgehead atoms. The van der Waals surface area contributed by atoms with Gasteiger partial charge in [0.25, 0.3) is 0 Å². The molecule has 0 aliphatic rings. The van der Waals surface area contributed by atoms with Crippen LogP contribution in [0.5, 0.6) is 0 Å². The maximum Gasteiger partial charge on any atom is 0.170 e. The normalized spacial score (nSPS) is 12.4. The first-order valence-electron chi connectivity index (χ1n) is 8.25. The second kappa shape index (κ2) is 7.08. The highest BCUT2D eigenvalue weighted by Gasteiger charge is 2.47. The number of hydrogen-bond donors (Lipinski definition) is 1. The molecule has 0 unspecified atom stereocenters. The molecule has 2 nitrogen and oxygen atoms in total. The van der Waals surface area contributed by atoms with Crippen LogP contribution >= 0.6 is 0 Å². The Morgan fingerprint density at radius 2 is 1.27 bits per heavy atom. The fourth-order valence-corrected chi connectivity index (χ4v) is 3.10. The Morgan fingerprint density at radius 1 is 0.818 bits per heavy atom. The van der Waals surface area contributed by atoms with Gasteiger partial charge in [-0.1, -0.05) is 56.2 Å². The molecular weight excluding hydrogens is 270 g/mol. The minimum atomic E-state index is -0.294. The third-order valence-corrected chi connectivity index (χ3v) is 4.53. The zero-order valence-corrected chi connectivity index (χ0v) is 14.0. The molecule has 2 aromatic rings. The van der Waals surface area contributed by atoms with Crippen molar-refractivity contribution in [2.24, 2.45) is 0 Å². The first-order chi connectivity index (χ1) is 10.5. The number of quaternary nitrogens is 1. The number of para-hydroxylation sites is 2. The van der Waals surface area contributed by atoms with Crippen molar-refractivity contribution in [3.8, 4) is 0 Å². The largest absolute Gasteiger partial charge is 0.206 e. The summed E-state index contributed by atoms with van der Waals surface area (Å²) in [5.74, 6) is 0. The van der Waals surface area contributed by atoms with Crippen LogP contribution in [0.1, 0.15) is 46.5 Å². The predicted molar refractivity (Wildman–Crippen MR) is 94.3 cm³/mol. The monoisotopic (exact) mass is 298 g/mol. The summed E-state index contributed by atoms with van der Waals surface area (Å²) in [6.07, 6.45) is 4.50. The molecule has 2 aromatic carbocycles. The Morgan fingerprint density at radius 3 is 1.68 bits per heavy atom. The number of unbranched alkanes of at least 4 members (excludes halogenated alkanes) is 2. The summed E-state index contributed by atoms with van der Waals surface area (Å²) in [5.41, 5.74) is 1.53. The van der Waals surface area contributed by atoms with Gasteiger partial charge in [-0.2, -0.15) is 0 Å². The van der Waals surface area contributed by atoms with Crippen molar-refractivity contribution in [3.63, 3.8) is 0 Å². The van der Waals surface area contributed by atoms with Gasteiger partial charge in [0, 0.05) is 30.7 Å². The highest BCUT2D eigenvalue weighted by Crippen LogP contribution is 2.42. The quantitative estimate of drug-likeness (QED) is 0.373. The average Bonchev–Trinajstić information content (AvgIpc) is 2.55. The highest BCUT2D eigenvalue weighted by molar-refractivity contribution is 5.57. The summed E-state index contributed by atoms with van der Waals surface area (Å²) in [4.78, 5) is 0. The summed E-state index contributed by atoms with van der Waals surface area (Å²) >= 11 is 0. The van der Waals surface area contributed by atoms with E-state index < -0.39 is 0 Å². The van der Waals surface area contributed by atoms with Crippen molar-refractivity contribution in [3.05, 3.63) is 60.7 Å². The first kappa shape index (κ1) is 16.7. The highest BCUT2D eigenvalue weighted by atomic mass is 16.6. The molecule has 0 radical (unpaired) electrons. The smallest absolute Gasteiger partial charge is 0.170 e. The van der Waals surface area contributed by atoms with E-state index in [-0.39, 0.29) is 10.2 Å². The second-order valence-electron chi connectivity index (χ2n) is 6.58. The Labute approximate surface area is 134 Å². The van der Waals surface area contributed by atoms with Crippen LogP contribution in [0.15, 0.2) is 60.7 Å². The zero-order chi connectivity index (χ0) is 16.1. The summed E-state index contributed by atoms with van der Waals surface area (Å²) in [6.45, 7) is 6.52. The van der Waals surface area contributed by atoms with Crippen LogP contribution in [-0.2, 0) is 0 Å². The summed E-state index contributed by atoms with van der Waals surface area (Å²) in [5, 5.41) is 11.7. The van der Waals surface area contributed by atoms with Crippen LogP contribution in [0.3, 0.4) is 0 Å². The molecule has 0 fully saturated rings. The van der Waals surface area contributed by atoms with Crippen LogP contribution in [0, 0.1) is 0 Å². The molecule has 0 aliphatic heterocycles.